The fourth-order valence-corrected chi connectivity index (χ4v) is 5.63. The van der Waals surface area contributed by atoms with Crippen molar-refractivity contribution in [3.8, 4) is 12.3 Å². The van der Waals surface area contributed by atoms with Crippen molar-refractivity contribution in [2.45, 2.75) is 24.8 Å². The van der Waals surface area contributed by atoms with Gasteiger partial charge in [0.1, 0.15) is 0 Å². The molecule has 0 aliphatic carbocycles. The van der Waals surface area contributed by atoms with Gasteiger partial charge < -0.3 is 4.57 Å². The summed E-state index contributed by atoms with van der Waals surface area (Å²) in [5.41, 5.74) is 2.59. The van der Waals surface area contributed by atoms with E-state index in [2.05, 4.69) is 28.6 Å². The van der Waals surface area contributed by atoms with Crippen LogP contribution < -0.4 is 9.52 Å². The number of hydrogen-bond donors (Lipinski definition) is 1. The molecule has 0 radical (unpaired) electrons. The first-order chi connectivity index (χ1) is 16.3. The quantitative estimate of drug-likeness (QED) is 0.367. The summed E-state index contributed by atoms with van der Waals surface area (Å²) in [6, 6.07) is 18.1. The standard InChI is InChI=1S/C25H20ClN3O3S2/c1-3-14-29-22-13-8-17(4-2)15-23(22)33-25(29)27-24(30)18-6-5-7-20(16-18)28-34(31,32)21-11-9-19(26)10-12-21/h1,5-13,15-16,28H,4,14H2,2H3. The zero-order chi connectivity index (χ0) is 24.3. The number of hydrogen-bond acceptors (Lipinski definition) is 4. The number of benzene rings is 3. The van der Waals surface area contributed by atoms with Gasteiger partial charge in [-0.15, -0.1) is 6.42 Å². The lowest BCUT2D eigenvalue weighted by Gasteiger charge is -2.09. The van der Waals surface area contributed by atoms with Crippen LogP contribution in [0.1, 0.15) is 22.8 Å². The number of carbonyl (C=O) groups excluding carboxylic acids is 1. The van der Waals surface area contributed by atoms with Crippen molar-refractivity contribution in [2.75, 3.05) is 4.72 Å². The number of aromatic nitrogens is 1. The molecule has 1 aromatic heterocycles. The summed E-state index contributed by atoms with van der Waals surface area (Å²) in [5, 5.41) is 0.433. The summed E-state index contributed by atoms with van der Waals surface area (Å²) in [7, 11) is -3.84. The van der Waals surface area contributed by atoms with Gasteiger partial charge in [0, 0.05) is 16.3 Å². The fourth-order valence-electron chi connectivity index (χ4n) is 3.36. The summed E-state index contributed by atoms with van der Waals surface area (Å²) in [5.74, 6) is 2.11. The van der Waals surface area contributed by atoms with E-state index >= 15 is 0 Å². The van der Waals surface area contributed by atoms with Crippen molar-refractivity contribution in [1.82, 2.24) is 4.57 Å². The Morgan fingerprint density at radius 1 is 1.15 bits per heavy atom. The number of thiazole rings is 1. The molecule has 1 heterocycles. The van der Waals surface area contributed by atoms with Gasteiger partial charge in [0.15, 0.2) is 4.80 Å². The highest BCUT2D eigenvalue weighted by molar-refractivity contribution is 7.92. The number of anilines is 1. The molecule has 0 aliphatic heterocycles. The van der Waals surface area contributed by atoms with Gasteiger partial charge in [0.25, 0.3) is 15.9 Å². The molecule has 0 saturated heterocycles. The molecule has 6 nitrogen and oxygen atoms in total. The first kappa shape index (κ1) is 23.8. The van der Waals surface area contributed by atoms with E-state index in [0.717, 1.165) is 16.6 Å². The second kappa shape index (κ2) is 9.85. The van der Waals surface area contributed by atoms with Crippen molar-refractivity contribution in [3.63, 3.8) is 0 Å². The number of terminal acetylenes is 1. The molecule has 9 heteroatoms. The number of aryl methyl sites for hydroxylation is 1. The lowest BCUT2D eigenvalue weighted by atomic mass is 10.2. The van der Waals surface area contributed by atoms with Crippen LogP contribution in [0.15, 0.2) is 76.6 Å². The third-order valence-electron chi connectivity index (χ3n) is 5.09. The minimum atomic E-state index is -3.84. The Kier molecular flexibility index (Phi) is 6.89. The summed E-state index contributed by atoms with van der Waals surface area (Å²) in [4.78, 5) is 17.8. The Morgan fingerprint density at radius 2 is 1.91 bits per heavy atom. The van der Waals surface area contributed by atoms with Crippen molar-refractivity contribution in [3.05, 3.63) is 87.7 Å². The Balaban J connectivity index is 1.67. The highest BCUT2D eigenvalue weighted by atomic mass is 35.5. The van der Waals surface area contributed by atoms with Crippen molar-refractivity contribution in [2.24, 2.45) is 4.99 Å². The van der Waals surface area contributed by atoms with E-state index in [0.29, 0.717) is 9.82 Å². The van der Waals surface area contributed by atoms with Gasteiger partial charge in [-0.2, -0.15) is 4.99 Å². The lowest BCUT2D eigenvalue weighted by molar-refractivity contribution is 0.0998. The Bertz CT molecular complexity index is 1600. The average molecular weight is 510 g/mol. The lowest BCUT2D eigenvalue weighted by Crippen LogP contribution is -2.17. The molecule has 0 aliphatic rings. The molecule has 4 aromatic rings. The molecule has 0 spiro atoms. The Labute approximate surface area is 206 Å². The van der Waals surface area contributed by atoms with Crippen LogP contribution in [0.4, 0.5) is 5.69 Å². The van der Waals surface area contributed by atoms with Crippen molar-refractivity contribution < 1.29 is 13.2 Å². The predicted octanol–water partition coefficient (Wildman–Crippen LogP) is 5.09. The monoisotopic (exact) mass is 509 g/mol. The zero-order valence-corrected chi connectivity index (χ0v) is 20.5. The third kappa shape index (κ3) is 5.07. The summed E-state index contributed by atoms with van der Waals surface area (Å²) in [6.07, 6.45) is 6.44. The van der Waals surface area contributed by atoms with Crippen molar-refractivity contribution in [1.29, 1.82) is 0 Å². The minimum absolute atomic E-state index is 0.0605. The molecule has 1 N–H and O–H groups in total. The van der Waals surface area contributed by atoms with Crippen LogP contribution in [0, 0.1) is 12.3 Å². The highest BCUT2D eigenvalue weighted by Crippen LogP contribution is 2.21. The predicted molar refractivity (Wildman–Crippen MR) is 137 cm³/mol. The second-order valence-corrected chi connectivity index (χ2v) is 10.5. The third-order valence-corrected chi connectivity index (χ3v) is 7.78. The van der Waals surface area contributed by atoms with Gasteiger partial charge in [-0.3, -0.25) is 9.52 Å². The smallest absolute Gasteiger partial charge is 0.279 e. The molecule has 0 bridgehead atoms. The van der Waals surface area contributed by atoms with Gasteiger partial charge in [0.2, 0.25) is 0 Å². The molecular weight excluding hydrogens is 490 g/mol. The Morgan fingerprint density at radius 3 is 2.62 bits per heavy atom. The summed E-state index contributed by atoms with van der Waals surface area (Å²) >= 11 is 7.23. The van der Waals surface area contributed by atoms with E-state index in [1.54, 1.807) is 18.2 Å². The summed E-state index contributed by atoms with van der Waals surface area (Å²) in [6.45, 7) is 2.35. The van der Waals surface area contributed by atoms with E-state index in [4.69, 9.17) is 18.0 Å². The van der Waals surface area contributed by atoms with E-state index in [-0.39, 0.29) is 22.7 Å². The molecule has 172 valence electrons. The summed E-state index contributed by atoms with van der Waals surface area (Å²) < 4.78 is 30.6. The van der Waals surface area contributed by atoms with Gasteiger partial charge in [0.05, 0.1) is 21.7 Å². The van der Waals surface area contributed by atoms with Crippen LogP contribution in [0.2, 0.25) is 5.02 Å². The maximum absolute atomic E-state index is 13.0. The number of carbonyl (C=O) groups is 1. The van der Waals surface area contributed by atoms with Crippen LogP contribution in [0.3, 0.4) is 0 Å². The minimum Gasteiger partial charge on any atom is -0.305 e. The highest BCUT2D eigenvalue weighted by Gasteiger charge is 2.15. The Hall–Kier alpha value is -3.38. The van der Waals surface area contributed by atoms with Gasteiger partial charge in [-0.25, -0.2) is 8.42 Å². The molecule has 34 heavy (non-hydrogen) atoms. The molecule has 0 atom stereocenters. The van der Waals surface area contributed by atoms with Crippen LogP contribution >= 0.6 is 22.9 Å². The van der Waals surface area contributed by atoms with Crippen LogP contribution in [-0.4, -0.2) is 18.9 Å². The number of fused-ring (bicyclic) bond motifs is 1. The van der Waals surface area contributed by atoms with Crippen molar-refractivity contribution >= 4 is 54.8 Å². The molecular formula is C25H20ClN3O3S2. The number of rotatable bonds is 6. The molecule has 0 unspecified atom stereocenters. The number of sulfonamides is 1. The first-order valence-corrected chi connectivity index (χ1v) is 13.0. The number of amides is 1. The molecule has 0 saturated carbocycles. The topological polar surface area (TPSA) is 80.5 Å². The van der Waals surface area contributed by atoms with Gasteiger partial charge in [-0.05, 0) is 66.6 Å². The molecule has 3 aromatic carbocycles. The largest absolute Gasteiger partial charge is 0.305 e. The second-order valence-electron chi connectivity index (χ2n) is 7.39. The normalized spacial score (nSPS) is 12.0. The van der Waals surface area contributed by atoms with Gasteiger partial charge in [-0.1, -0.05) is 47.9 Å². The number of nitrogens with one attached hydrogen (secondary N) is 1. The van der Waals surface area contributed by atoms with E-state index < -0.39 is 15.9 Å². The zero-order valence-electron chi connectivity index (χ0n) is 18.2. The van der Waals surface area contributed by atoms with Crippen LogP contribution in [0.5, 0.6) is 0 Å². The number of halogens is 1. The van der Waals surface area contributed by atoms with Crippen LogP contribution in [0.25, 0.3) is 10.2 Å². The molecule has 1 amide bonds. The maximum atomic E-state index is 13.0. The average Bonchev–Trinajstić information content (AvgIpc) is 3.15. The van der Waals surface area contributed by atoms with Crippen LogP contribution in [-0.2, 0) is 23.0 Å². The van der Waals surface area contributed by atoms with E-state index in [9.17, 15) is 13.2 Å². The van der Waals surface area contributed by atoms with E-state index in [1.807, 2.05) is 16.7 Å². The van der Waals surface area contributed by atoms with Gasteiger partial charge >= 0.3 is 0 Å². The molecule has 0 fully saturated rings. The molecule has 4 rings (SSSR count). The fraction of sp³-hybridized carbons (Fsp3) is 0.120. The maximum Gasteiger partial charge on any atom is 0.279 e. The SMILES string of the molecule is C#CCn1c(=NC(=O)c2cccc(NS(=O)(=O)c3ccc(Cl)cc3)c2)sc2cc(CC)ccc21. The first-order valence-electron chi connectivity index (χ1n) is 10.3. The van der Waals surface area contributed by atoms with E-state index in [1.165, 1.54) is 47.2 Å². The number of nitrogens with zero attached hydrogens (tertiary/aromatic N) is 2.